The van der Waals surface area contributed by atoms with E-state index in [0.29, 0.717) is 0 Å². The summed E-state index contributed by atoms with van der Waals surface area (Å²) < 4.78 is 0. The van der Waals surface area contributed by atoms with Gasteiger partial charge < -0.3 is 0 Å². The summed E-state index contributed by atoms with van der Waals surface area (Å²) in [4.78, 5) is 9.09. The molecule has 0 aliphatic heterocycles. The van der Waals surface area contributed by atoms with E-state index in [4.69, 9.17) is 0 Å². The quantitative estimate of drug-likeness (QED) is 0.810. The van der Waals surface area contributed by atoms with Crippen molar-refractivity contribution in [2.75, 3.05) is 0 Å². The van der Waals surface area contributed by atoms with E-state index in [-0.39, 0.29) is 0 Å². The Morgan fingerprint density at radius 3 is 2.44 bits per heavy atom. The molecule has 0 atom stereocenters. The van der Waals surface area contributed by atoms with Gasteiger partial charge in [0, 0.05) is 6.20 Å². The van der Waals surface area contributed by atoms with Crippen molar-refractivity contribution in [3.05, 3.63) is 59.2 Å². The third-order valence-corrected chi connectivity index (χ3v) is 2.86. The molecule has 0 aliphatic carbocycles. The minimum absolute atomic E-state index is 0.908. The Hall–Kier alpha value is -1.96. The smallest absolute Gasteiger partial charge is 0.0848 e. The second kappa shape index (κ2) is 6.10. The van der Waals surface area contributed by atoms with Crippen LogP contribution >= 0.6 is 0 Å². The van der Waals surface area contributed by atoms with Gasteiger partial charge in [0.2, 0.25) is 0 Å². The highest BCUT2D eigenvalue weighted by Gasteiger charge is 2.02. The molecule has 2 rings (SSSR count). The molecule has 2 aromatic rings. The molecule has 2 nitrogen and oxygen atoms in total. The molecule has 0 spiro atoms. The summed E-state index contributed by atoms with van der Waals surface area (Å²) in [5.74, 6) is 0. The maximum Gasteiger partial charge on any atom is 0.0848 e. The van der Waals surface area contributed by atoms with Crippen LogP contribution in [0.3, 0.4) is 0 Å². The summed E-state index contributed by atoms with van der Waals surface area (Å²) >= 11 is 0. The average molecular weight is 238 g/mol. The Bertz CT molecular complexity index is 530. The number of hydrogen-bond acceptors (Lipinski definition) is 2. The summed E-state index contributed by atoms with van der Waals surface area (Å²) in [5.41, 5.74) is 4.27. The first-order valence-electron chi connectivity index (χ1n) is 6.41. The van der Waals surface area contributed by atoms with Gasteiger partial charge in [-0.1, -0.05) is 50.3 Å². The molecular formula is C16H18N2. The van der Waals surface area contributed by atoms with Crippen molar-refractivity contribution >= 4 is 12.2 Å². The standard InChI is InChI=1S/C16H18N2/c1-3-14-12-17-15(4-2)16(18-14)11-10-13-8-6-5-7-9-13/h5-12H,3-4H2,1-2H3/b11-10+. The number of nitrogens with zero attached hydrogens (tertiary/aromatic N) is 2. The number of hydrogen-bond donors (Lipinski definition) is 0. The van der Waals surface area contributed by atoms with Gasteiger partial charge in [0.25, 0.3) is 0 Å². The van der Waals surface area contributed by atoms with Crippen LogP contribution in [0.15, 0.2) is 36.5 Å². The summed E-state index contributed by atoms with van der Waals surface area (Å²) in [6.45, 7) is 4.20. The van der Waals surface area contributed by atoms with E-state index in [1.54, 1.807) is 0 Å². The Morgan fingerprint density at radius 2 is 1.78 bits per heavy atom. The Morgan fingerprint density at radius 1 is 1.00 bits per heavy atom. The van der Waals surface area contributed by atoms with E-state index in [9.17, 15) is 0 Å². The number of rotatable bonds is 4. The molecule has 0 saturated heterocycles. The van der Waals surface area contributed by atoms with Gasteiger partial charge in [-0.15, -0.1) is 0 Å². The van der Waals surface area contributed by atoms with Gasteiger partial charge in [-0.25, -0.2) is 4.98 Å². The minimum atomic E-state index is 0.908. The fourth-order valence-electron chi connectivity index (χ4n) is 1.78. The van der Waals surface area contributed by atoms with Crippen molar-refractivity contribution in [3.63, 3.8) is 0 Å². The molecule has 0 bridgehead atoms. The fourth-order valence-corrected chi connectivity index (χ4v) is 1.78. The highest BCUT2D eigenvalue weighted by molar-refractivity contribution is 5.68. The molecule has 1 heterocycles. The first-order valence-corrected chi connectivity index (χ1v) is 6.41. The van der Waals surface area contributed by atoms with E-state index in [1.807, 2.05) is 24.4 Å². The summed E-state index contributed by atoms with van der Waals surface area (Å²) in [6, 6.07) is 10.3. The van der Waals surface area contributed by atoms with Crippen LogP contribution in [0.25, 0.3) is 12.2 Å². The predicted molar refractivity (Wildman–Crippen MR) is 76.2 cm³/mol. The lowest BCUT2D eigenvalue weighted by Gasteiger charge is -2.04. The van der Waals surface area contributed by atoms with Crippen LogP contribution in [0.2, 0.25) is 0 Å². The van der Waals surface area contributed by atoms with Crippen molar-refractivity contribution in [2.24, 2.45) is 0 Å². The average Bonchev–Trinajstić information content (AvgIpc) is 2.45. The topological polar surface area (TPSA) is 25.8 Å². The van der Waals surface area contributed by atoms with Crippen molar-refractivity contribution < 1.29 is 0 Å². The van der Waals surface area contributed by atoms with Gasteiger partial charge in [0.1, 0.15) is 0 Å². The molecule has 0 radical (unpaired) electrons. The minimum Gasteiger partial charge on any atom is -0.257 e. The fraction of sp³-hybridized carbons (Fsp3) is 0.250. The molecule has 0 saturated carbocycles. The van der Waals surface area contributed by atoms with Crippen LogP contribution in [0.4, 0.5) is 0 Å². The molecule has 0 amide bonds. The van der Waals surface area contributed by atoms with Crippen LogP contribution < -0.4 is 0 Å². The van der Waals surface area contributed by atoms with Gasteiger partial charge in [-0.2, -0.15) is 0 Å². The molecule has 0 fully saturated rings. The first kappa shape index (κ1) is 12.5. The van der Waals surface area contributed by atoms with Crippen LogP contribution in [-0.4, -0.2) is 9.97 Å². The molecular weight excluding hydrogens is 220 g/mol. The SMILES string of the molecule is CCc1cnc(CC)c(/C=C/c2ccccc2)n1. The Balaban J connectivity index is 2.30. The third kappa shape index (κ3) is 3.04. The van der Waals surface area contributed by atoms with Crippen LogP contribution in [-0.2, 0) is 12.8 Å². The zero-order valence-electron chi connectivity index (χ0n) is 10.9. The van der Waals surface area contributed by atoms with Crippen molar-refractivity contribution in [1.29, 1.82) is 0 Å². The maximum atomic E-state index is 4.63. The van der Waals surface area contributed by atoms with E-state index in [0.717, 1.165) is 29.9 Å². The van der Waals surface area contributed by atoms with Crippen LogP contribution in [0.1, 0.15) is 36.5 Å². The van der Waals surface area contributed by atoms with Gasteiger partial charge in [-0.3, -0.25) is 4.98 Å². The lowest BCUT2D eigenvalue weighted by Crippen LogP contribution is -1.99. The van der Waals surface area contributed by atoms with Crippen molar-refractivity contribution in [1.82, 2.24) is 9.97 Å². The zero-order chi connectivity index (χ0) is 12.8. The molecule has 92 valence electrons. The largest absolute Gasteiger partial charge is 0.257 e. The van der Waals surface area contributed by atoms with Crippen LogP contribution in [0.5, 0.6) is 0 Å². The monoisotopic (exact) mass is 238 g/mol. The highest BCUT2D eigenvalue weighted by atomic mass is 14.8. The lowest BCUT2D eigenvalue weighted by atomic mass is 10.1. The lowest BCUT2D eigenvalue weighted by molar-refractivity contribution is 0.927. The molecule has 0 aliphatic rings. The second-order valence-corrected chi connectivity index (χ2v) is 4.14. The van der Waals surface area contributed by atoms with E-state index >= 15 is 0 Å². The summed E-state index contributed by atoms with van der Waals surface area (Å²) in [6.07, 6.45) is 7.84. The van der Waals surface area contributed by atoms with Gasteiger partial charge in [0.15, 0.2) is 0 Å². The summed E-state index contributed by atoms with van der Waals surface area (Å²) in [5, 5.41) is 0. The normalized spacial score (nSPS) is 11.0. The molecule has 2 heteroatoms. The first-order chi connectivity index (χ1) is 8.83. The summed E-state index contributed by atoms with van der Waals surface area (Å²) in [7, 11) is 0. The maximum absolute atomic E-state index is 4.63. The van der Waals surface area contributed by atoms with Crippen LogP contribution in [0, 0.1) is 0 Å². The molecule has 1 aromatic heterocycles. The predicted octanol–water partition coefficient (Wildman–Crippen LogP) is 3.77. The van der Waals surface area contributed by atoms with E-state index < -0.39 is 0 Å². The van der Waals surface area contributed by atoms with E-state index in [1.165, 1.54) is 5.56 Å². The molecule has 1 aromatic carbocycles. The zero-order valence-corrected chi connectivity index (χ0v) is 10.9. The molecule has 18 heavy (non-hydrogen) atoms. The number of aromatic nitrogens is 2. The van der Waals surface area contributed by atoms with Crippen molar-refractivity contribution in [2.45, 2.75) is 26.7 Å². The number of aryl methyl sites for hydroxylation is 2. The van der Waals surface area contributed by atoms with Crippen molar-refractivity contribution in [3.8, 4) is 0 Å². The van der Waals surface area contributed by atoms with E-state index in [2.05, 4.69) is 48.1 Å². The number of benzene rings is 1. The van der Waals surface area contributed by atoms with Gasteiger partial charge >= 0.3 is 0 Å². The molecule has 0 unspecified atom stereocenters. The highest BCUT2D eigenvalue weighted by Crippen LogP contribution is 2.11. The van der Waals surface area contributed by atoms with Gasteiger partial charge in [-0.05, 0) is 24.5 Å². The molecule has 0 N–H and O–H groups in total. The Labute approximate surface area is 108 Å². The second-order valence-electron chi connectivity index (χ2n) is 4.14. The third-order valence-electron chi connectivity index (χ3n) is 2.86. The van der Waals surface area contributed by atoms with Gasteiger partial charge in [0.05, 0.1) is 17.1 Å². The Kier molecular flexibility index (Phi) is 4.24.